The summed E-state index contributed by atoms with van der Waals surface area (Å²) in [4.78, 5) is 0. The molecular formula is C12H12IN3. The van der Waals surface area contributed by atoms with Gasteiger partial charge in [0.15, 0.2) is 0 Å². The summed E-state index contributed by atoms with van der Waals surface area (Å²) in [5, 5.41) is 4.63. The Morgan fingerprint density at radius 3 is 2.56 bits per heavy atom. The van der Waals surface area contributed by atoms with E-state index in [0.717, 1.165) is 15.1 Å². The predicted molar refractivity (Wildman–Crippen MR) is 72.7 cm³/mol. The largest absolute Gasteiger partial charge is 0.383 e. The molecule has 1 aliphatic carbocycles. The lowest BCUT2D eigenvalue weighted by atomic mass is 10.3. The standard InChI is InChI=1S/C12H12IN3/c13-10-11(8-6-7-8)15-16(12(10)14)9-4-2-1-3-5-9/h1-5,8H,6-7,14H2. The van der Waals surface area contributed by atoms with Gasteiger partial charge in [-0.05, 0) is 47.6 Å². The van der Waals surface area contributed by atoms with Crippen molar-refractivity contribution in [1.82, 2.24) is 9.78 Å². The van der Waals surface area contributed by atoms with Crippen molar-refractivity contribution < 1.29 is 0 Å². The maximum Gasteiger partial charge on any atom is 0.141 e. The molecule has 3 nitrogen and oxygen atoms in total. The maximum absolute atomic E-state index is 6.09. The first-order valence-corrected chi connectivity index (χ1v) is 6.44. The lowest BCUT2D eigenvalue weighted by Gasteiger charge is -2.02. The van der Waals surface area contributed by atoms with Gasteiger partial charge in [-0.15, -0.1) is 0 Å². The molecule has 16 heavy (non-hydrogen) atoms. The molecule has 1 aromatic carbocycles. The van der Waals surface area contributed by atoms with Crippen LogP contribution in [0.4, 0.5) is 5.82 Å². The number of rotatable bonds is 2. The SMILES string of the molecule is Nc1c(I)c(C2CC2)nn1-c1ccccc1. The number of nitrogens with two attached hydrogens (primary N) is 1. The second-order valence-electron chi connectivity index (χ2n) is 4.11. The Morgan fingerprint density at radius 2 is 1.94 bits per heavy atom. The van der Waals surface area contributed by atoms with Crippen molar-refractivity contribution in [3.8, 4) is 5.69 Å². The van der Waals surface area contributed by atoms with Crippen molar-refractivity contribution >= 4 is 28.4 Å². The van der Waals surface area contributed by atoms with E-state index in [1.165, 1.54) is 18.5 Å². The highest BCUT2D eigenvalue weighted by Crippen LogP contribution is 2.42. The molecule has 0 saturated heterocycles. The molecular weight excluding hydrogens is 313 g/mol. The predicted octanol–water partition coefficient (Wildman–Crippen LogP) is 2.94. The van der Waals surface area contributed by atoms with Gasteiger partial charge in [-0.1, -0.05) is 18.2 Å². The molecule has 1 fully saturated rings. The average Bonchev–Trinajstić information content (AvgIpc) is 3.10. The number of nitrogens with zero attached hydrogens (tertiary/aromatic N) is 2. The number of nitrogen functional groups attached to an aromatic ring is 1. The van der Waals surface area contributed by atoms with Gasteiger partial charge in [0.25, 0.3) is 0 Å². The van der Waals surface area contributed by atoms with Gasteiger partial charge in [0.05, 0.1) is 15.0 Å². The molecule has 0 aliphatic heterocycles. The van der Waals surface area contributed by atoms with Gasteiger partial charge >= 0.3 is 0 Å². The zero-order chi connectivity index (χ0) is 11.1. The summed E-state index contributed by atoms with van der Waals surface area (Å²) in [6.07, 6.45) is 2.50. The number of hydrogen-bond donors (Lipinski definition) is 1. The van der Waals surface area contributed by atoms with Gasteiger partial charge in [-0.3, -0.25) is 0 Å². The summed E-state index contributed by atoms with van der Waals surface area (Å²) in [7, 11) is 0. The van der Waals surface area contributed by atoms with Crippen LogP contribution in [0, 0.1) is 3.57 Å². The smallest absolute Gasteiger partial charge is 0.141 e. The molecule has 0 bridgehead atoms. The van der Waals surface area contributed by atoms with Crippen LogP contribution in [0.2, 0.25) is 0 Å². The van der Waals surface area contributed by atoms with Crippen LogP contribution in [-0.2, 0) is 0 Å². The van der Waals surface area contributed by atoms with E-state index in [1.807, 2.05) is 35.0 Å². The second kappa shape index (κ2) is 3.76. The molecule has 0 spiro atoms. The molecule has 0 atom stereocenters. The fourth-order valence-corrected chi connectivity index (χ4v) is 2.59. The first-order valence-electron chi connectivity index (χ1n) is 5.36. The topological polar surface area (TPSA) is 43.8 Å². The number of para-hydroxylation sites is 1. The van der Waals surface area contributed by atoms with Crippen molar-refractivity contribution in [2.24, 2.45) is 0 Å². The molecule has 0 amide bonds. The van der Waals surface area contributed by atoms with Crippen LogP contribution in [0.15, 0.2) is 30.3 Å². The van der Waals surface area contributed by atoms with Crippen LogP contribution < -0.4 is 5.73 Å². The molecule has 2 N–H and O–H groups in total. The minimum absolute atomic E-state index is 0.638. The summed E-state index contributed by atoms with van der Waals surface area (Å²) >= 11 is 2.30. The third kappa shape index (κ3) is 1.61. The third-order valence-corrected chi connectivity index (χ3v) is 3.96. The van der Waals surface area contributed by atoms with Crippen molar-refractivity contribution in [3.63, 3.8) is 0 Å². The Balaban J connectivity index is 2.11. The summed E-state index contributed by atoms with van der Waals surface area (Å²) in [5.74, 6) is 1.40. The lowest BCUT2D eigenvalue weighted by Crippen LogP contribution is -2.01. The van der Waals surface area contributed by atoms with Crippen LogP contribution >= 0.6 is 22.6 Å². The highest BCUT2D eigenvalue weighted by molar-refractivity contribution is 14.1. The van der Waals surface area contributed by atoms with E-state index >= 15 is 0 Å². The van der Waals surface area contributed by atoms with Crippen LogP contribution in [0.3, 0.4) is 0 Å². The fourth-order valence-electron chi connectivity index (χ4n) is 1.81. The monoisotopic (exact) mass is 325 g/mol. The number of hydrogen-bond acceptors (Lipinski definition) is 2. The minimum Gasteiger partial charge on any atom is -0.383 e. The van der Waals surface area contributed by atoms with E-state index < -0.39 is 0 Å². The van der Waals surface area contributed by atoms with Crippen molar-refractivity contribution in [1.29, 1.82) is 0 Å². The van der Waals surface area contributed by atoms with E-state index in [-0.39, 0.29) is 0 Å². The minimum atomic E-state index is 0.638. The normalized spacial score (nSPS) is 15.3. The van der Waals surface area contributed by atoms with E-state index in [1.54, 1.807) is 0 Å². The van der Waals surface area contributed by atoms with Gasteiger partial charge in [0.2, 0.25) is 0 Å². The Kier molecular flexibility index (Phi) is 2.38. The van der Waals surface area contributed by atoms with Gasteiger partial charge < -0.3 is 5.73 Å². The number of benzene rings is 1. The summed E-state index contributed by atoms with van der Waals surface area (Å²) in [6, 6.07) is 10.0. The highest BCUT2D eigenvalue weighted by atomic mass is 127. The second-order valence-corrected chi connectivity index (χ2v) is 5.18. The zero-order valence-electron chi connectivity index (χ0n) is 8.73. The van der Waals surface area contributed by atoms with Gasteiger partial charge in [0.1, 0.15) is 5.82 Å². The van der Waals surface area contributed by atoms with Crippen LogP contribution in [-0.4, -0.2) is 9.78 Å². The van der Waals surface area contributed by atoms with Crippen LogP contribution in [0.5, 0.6) is 0 Å². The molecule has 1 aliphatic rings. The Bertz CT molecular complexity index is 515. The Morgan fingerprint density at radius 1 is 1.25 bits per heavy atom. The first-order chi connectivity index (χ1) is 7.77. The third-order valence-electron chi connectivity index (χ3n) is 2.85. The Hall–Kier alpha value is -1.04. The van der Waals surface area contributed by atoms with Gasteiger partial charge in [-0.25, -0.2) is 4.68 Å². The molecule has 82 valence electrons. The van der Waals surface area contributed by atoms with E-state index in [0.29, 0.717) is 5.92 Å². The Labute approximate surface area is 108 Å². The maximum atomic E-state index is 6.09. The molecule has 1 saturated carbocycles. The van der Waals surface area contributed by atoms with E-state index in [9.17, 15) is 0 Å². The van der Waals surface area contributed by atoms with Gasteiger partial charge in [0, 0.05) is 5.92 Å². The molecule has 4 heteroatoms. The van der Waals surface area contributed by atoms with Crippen molar-refractivity contribution in [2.75, 3.05) is 5.73 Å². The number of halogens is 1. The molecule has 1 aromatic heterocycles. The zero-order valence-corrected chi connectivity index (χ0v) is 10.9. The average molecular weight is 325 g/mol. The van der Waals surface area contributed by atoms with E-state index in [2.05, 4.69) is 27.7 Å². The summed E-state index contributed by atoms with van der Waals surface area (Å²) < 4.78 is 2.96. The van der Waals surface area contributed by atoms with Crippen molar-refractivity contribution in [3.05, 3.63) is 39.6 Å². The van der Waals surface area contributed by atoms with Crippen LogP contribution in [0.1, 0.15) is 24.5 Å². The van der Waals surface area contributed by atoms with E-state index in [4.69, 9.17) is 5.73 Å². The summed E-state index contributed by atoms with van der Waals surface area (Å²) in [5.41, 5.74) is 8.29. The highest BCUT2D eigenvalue weighted by Gasteiger charge is 2.30. The van der Waals surface area contributed by atoms with Crippen molar-refractivity contribution in [2.45, 2.75) is 18.8 Å². The molecule has 1 heterocycles. The number of anilines is 1. The van der Waals surface area contributed by atoms with Crippen LogP contribution in [0.25, 0.3) is 5.69 Å². The molecule has 0 unspecified atom stereocenters. The quantitative estimate of drug-likeness (QED) is 0.863. The first kappa shape index (κ1) is 10.1. The molecule has 0 radical (unpaired) electrons. The molecule has 2 aromatic rings. The lowest BCUT2D eigenvalue weighted by molar-refractivity contribution is 0.844. The summed E-state index contributed by atoms with van der Waals surface area (Å²) in [6.45, 7) is 0. The fraction of sp³-hybridized carbons (Fsp3) is 0.250. The molecule has 3 rings (SSSR count). The number of aromatic nitrogens is 2. The van der Waals surface area contributed by atoms with Gasteiger partial charge in [-0.2, -0.15) is 5.10 Å².